The van der Waals surface area contributed by atoms with E-state index in [1.54, 1.807) is 43.0 Å². The zero-order chi connectivity index (χ0) is 22.9. The molecule has 0 spiro atoms. The SMILES string of the molecule is CCS(=O)(=O)Nc1ccc(O[C@H]2CC[C@H](OC)CC2)c(-c2cn(C)c3c(=O)[nH]ccc23)c1. The number of fused-ring (bicyclic) bond motifs is 1. The number of pyridine rings is 1. The van der Waals surface area contributed by atoms with Gasteiger partial charge in [-0.15, -0.1) is 0 Å². The molecule has 1 aliphatic carbocycles. The van der Waals surface area contributed by atoms with Crippen molar-refractivity contribution < 1.29 is 17.9 Å². The number of nitrogens with one attached hydrogen (secondary N) is 2. The Balaban J connectivity index is 1.78. The normalized spacial score (nSPS) is 19.2. The van der Waals surface area contributed by atoms with Gasteiger partial charge in [-0.2, -0.15) is 0 Å². The highest BCUT2D eigenvalue weighted by atomic mass is 32.2. The molecule has 172 valence electrons. The van der Waals surface area contributed by atoms with Crippen LogP contribution in [-0.4, -0.2) is 43.0 Å². The molecule has 2 aromatic heterocycles. The number of aryl methyl sites for hydroxylation is 1. The Morgan fingerprint density at radius 1 is 1.12 bits per heavy atom. The Kier molecular flexibility index (Phi) is 6.30. The lowest BCUT2D eigenvalue weighted by Gasteiger charge is -2.29. The number of aromatic amines is 1. The predicted molar refractivity (Wildman–Crippen MR) is 126 cm³/mol. The number of rotatable bonds is 7. The standard InChI is InChI=1S/C23H29N3O5S/c1-4-32(28,29)25-15-5-10-21(31-17-8-6-16(30-3)7-9-17)19(13-15)20-14-26(2)22-18(20)11-12-24-23(22)27/h5,10-14,16-17,25H,4,6-9H2,1-3H3,(H,24,27)/t16-,17-. The number of methoxy groups -OCH3 is 1. The number of sulfonamides is 1. The van der Waals surface area contributed by atoms with Gasteiger partial charge in [-0.3, -0.25) is 9.52 Å². The molecule has 3 aromatic rings. The summed E-state index contributed by atoms with van der Waals surface area (Å²) in [4.78, 5) is 15.1. The summed E-state index contributed by atoms with van der Waals surface area (Å²) in [5, 5.41) is 0.777. The predicted octanol–water partition coefficient (Wildman–Crippen LogP) is 3.63. The largest absolute Gasteiger partial charge is 0.490 e. The van der Waals surface area contributed by atoms with Gasteiger partial charge in [0.25, 0.3) is 5.56 Å². The van der Waals surface area contributed by atoms with Crippen molar-refractivity contribution >= 4 is 26.6 Å². The van der Waals surface area contributed by atoms with Crippen LogP contribution in [0.4, 0.5) is 5.69 Å². The van der Waals surface area contributed by atoms with Gasteiger partial charge in [0, 0.05) is 48.8 Å². The minimum atomic E-state index is -3.43. The van der Waals surface area contributed by atoms with Crippen LogP contribution in [0.3, 0.4) is 0 Å². The van der Waals surface area contributed by atoms with Crippen LogP contribution in [0.15, 0.2) is 41.5 Å². The Bertz CT molecular complexity index is 1270. The van der Waals surface area contributed by atoms with Crippen molar-refractivity contribution in [2.45, 2.75) is 44.8 Å². The van der Waals surface area contributed by atoms with Crippen molar-refractivity contribution in [2.24, 2.45) is 7.05 Å². The first-order chi connectivity index (χ1) is 15.3. The molecule has 1 aliphatic rings. The van der Waals surface area contributed by atoms with Gasteiger partial charge in [0.2, 0.25) is 10.0 Å². The molecule has 1 saturated carbocycles. The van der Waals surface area contributed by atoms with E-state index in [2.05, 4.69) is 9.71 Å². The number of hydrogen-bond donors (Lipinski definition) is 2. The molecule has 0 bridgehead atoms. The van der Waals surface area contributed by atoms with Gasteiger partial charge in [-0.25, -0.2) is 8.42 Å². The Labute approximate surface area is 187 Å². The Hall–Kier alpha value is -2.78. The third-order valence-corrected chi connectivity index (χ3v) is 7.38. The molecular formula is C23H29N3O5S. The molecule has 0 atom stereocenters. The molecule has 0 amide bonds. The van der Waals surface area contributed by atoms with Gasteiger partial charge in [0.05, 0.1) is 18.0 Å². The maximum atomic E-state index is 12.4. The van der Waals surface area contributed by atoms with Crippen molar-refractivity contribution in [2.75, 3.05) is 17.6 Å². The second-order valence-corrected chi connectivity index (χ2v) is 10.2. The molecule has 2 heterocycles. The van der Waals surface area contributed by atoms with Crippen LogP contribution in [0.1, 0.15) is 32.6 Å². The van der Waals surface area contributed by atoms with E-state index in [1.807, 2.05) is 19.3 Å². The van der Waals surface area contributed by atoms with Gasteiger partial charge in [0.15, 0.2) is 0 Å². The fourth-order valence-corrected chi connectivity index (χ4v) is 4.93. The average Bonchev–Trinajstić information content (AvgIpc) is 3.12. The molecule has 0 aliphatic heterocycles. The Morgan fingerprint density at radius 2 is 1.84 bits per heavy atom. The summed E-state index contributed by atoms with van der Waals surface area (Å²) >= 11 is 0. The minimum absolute atomic E-state index is 0.0209. The van der Waals surface area contributed by atoms with Crippen LogP contribution in [0.5, 0.6) is 5.75 Å². The smallest absolute Gasteiger partial charge is 0.272 e. The quantitative estimate of drug-likeness (QED) is 0.562. The zero-order valence-corrected chi connectivity index (χ0v) is 19.4. The average molecular weight is 460 g/mol. The van der Waals surface area contributed by atoms with E-state index in [1.165, 1.54) is 0 Å². The first-order valence-electron chi connectivity index (χ1n) is 10.8. The molecule has 32 heavy (non-hydrogen) atoms. The first-order valence-corrected chi connectivity index (χ1v) is 12.5. The molecule has 4 rings (SSSR count). The van der Waals surface area contributed by atoms with Gasteiger partial charge in [-0.05, 0) is 56.9 Å². The number of H-pyrrole nitrogens is 1. The van der Waals surface area contributed by atoms with Gasteiger partial charge in [0.1, 0.15) is 11.3 Å². The van der Waals surface area contributed by atoms with Crippen molar-refractivity contribution in [3.63, 3.8) is 0 Å². The van der Waals surface area contributed by atoms with Crippen molar-refractivity contribution in [3.05, 3.63) is 47.0 Å². The third-order valence-electron chi connectivity index (χ3n) is 6.07. The highest BCUT2D eigenvalue weighted by Crippen LogP contribution is 2.39. The molecule has 1 fully saturated rings. The molecule has 0 radical (unpaired) electrons. The number of benzene rings is 1. The summed E-state index contributed by atoms with van der Waals surface area (Å²) in [7, 11) is 0.126. The van der Waals surface area contributed by atoms with E-state index in [0.29, 0.717) is 17.0 Å². The fraction of sp³-hybridized carbons (Fsp3) is 0.435. The third kappa shape index (κ3) is 4.54. The summed E-state index contributed by atoms with van der Waals surface area (Å²) in [6.07, 6.45) is 7.46. The van der Waals surface area contributed by atoms with Crippen LogP contribution in [0, 0.1) is 0 Å². The first kappa shape index (κ1) is 22.4. The highest BCUT2D eigenvalue weighted by molar-refractivity contribution is 7.92. The minimum Gasteiger partial charge on any atom is -0.490 e. The lowest BCUT2D eigenvalue weighted by atomic mass is 9.94. The van der Waals surface area contributed by atoms with E-state index >= 15 is 0 Å². The molecular weight excluding hydrogens is 430 g/mol. The number of nitrogens with zero attached hydrogens (tertiary/aromatic N) is 1. The molecule has 0 unspecified atom stereocenters. The lowest BCUT2D eigenvalue weighted by Crippen LogP contribution is -2.27. The maximum absolute atomic E-state index is 12.4. The molecule has 9 heteroatoms. The van der Waals surface area contributed by atoms with E-state index in [9.17, 15) is 13.2 Å². The van der Waals surface area contributed by atoms with Crippen LogP contribution in [-0.2, 0) is 21.8 Å². The van der Waals surface area contributed by atoms with Crippen LogP contribution >= 0.6 is 0 Å². The highest BCUT2D eigenvalue weighted by Gasteiger charge is 2.24. The molecule has 1 aromatic carbocycles. The fourth-order valence-electron chi connectivity index (χ4n) is 4.30. The van der Waals surface area contributed by atoms with Crippen molar-refractivity contribution in [3.8, 4) is 16.9 Å². The topological polar surface area (TPSA) is 102 Å². The number of ether oxygens (including phenoxy) is 2. The van der Waals surface area contributed by atoms with Crippen LogP contribution in [0.2, 0.25) is 0 Å². The lowest BCUT2D eigenvalue weighted by molar-refractivity contribution is 0.0329. The number of hydrogen-bond acceptors (Lipinski definition) is 5. The van der Waals surface area contributed by atoms with Gasteiger partial charge < -0.3 is 19.0 Å². The molecule has 8 nitrogen and oxygen atoms in total. The van der Waals surface area contributed by atoms with E-state index in [4.69, 9.17) is 9.47 Å². The van der Waals surface area contributed by atoms with E-state index < -0.39 is 10.0 Å². The molecule has 0 saturated heterocycles. The molecule has 2 N–H and O–H groups in total. The van der Waals surface area contributed by atoms with Crippen molar-refractivity contribution in [1.82, 2.24) is 9.55 Å². The summed E-state index contributed by atoms with van der Waals surface area (Å²) in [5.74, 6) is 0.644. The van der Waals surface area contributed by atoms with E-state index in [-0.39, 0.29) is 23.5 Å². The summed E-state index contributed by atoms with van der Waals surface area (Å²) < 4.78 is 40.5. The van der Waals surface area contributed by atoms with Gasteiger partial charge >= 0.3 is 0 Å². The van der Waals surface area contributed by atoms with Gasteiger partial charge in [-0.1, -0.05) is 0 Å². The summed E-state index contributed by atoms with van der Waals surface area (Å²) in [5.41, 5.74) is 2.38. The monoisotopic (exact) mass is 459 g/mol. The van der Waals surface area contributed by atoms with Crippen LogP contribution in [0.25, 0.3) is 22.0 Å². The second-order valence-electron chi connectivity index (χ2n) is 8.19. The summed E-state index contributed by atoms with van der Waals surface area (Å²) in [6.45, 7) is 1.59. The zero-order valence-electron chi connectivity index (χ0n) is 18.6. The van der Waals surface area contributed by atoms with Crippen LogP contribution < -0.4 is 15.0 Å². The number of anilines is 1. The van der Waals surface area contributed by atoms with Crippen molar-refractivity contribution in [1.29, 1.82) is 0 Å². The Morgan fingerprint density at radius 3 is 2.53 bits per heavy atom. The van der Waals surface area contributed by atoms with E-state index in [0.717, 1.165) is 42.2 Å². The second kappa shape index (κ2) is 8.99. The number of aromatic nitrogens is 2. The maximum Gasteiger partial charge on any atom is 0.272 e. The summed E-state index contributed by atoms with van der Waals surface area (Å²) in [6, 6.07) is 7.14.